The van der Waals surface area contributed by atoms with Crippen molar-refractivity contribution in [1.29, 1.82) is 0 Å². The number of sulfonamides is 1. The van der Waals surface area contributed by atoms with E-state index in [0.717, 1.165) is 19.3 Å². The monoisotopic (exact) mass is 310 g/mol. The molecule has 1 heterocycles. The third kappa shape index (κ3) is 4.28. The quantitative estimate of drug-likeness (QED) is 0.908. The molecule has 0 aromatic heterocycles. The van der Waals surface area contributed by atoms with E-state index in [1.165, 1.54) is 17.4 Å². The summed E-state index contributed by atoms with van der Waals surface area (Å²) >= 11 is 0. The fourth-order valence-corrected chi connectivity index (χ4v) is 4.17. The molecular weight excluding hydrogens is 284 g/mol. The minimum absolute atomic E-state index is 0.288. The summed E-state index contributed by atoms with van der Waals surface area (Å²) in [4.78, 5) is 0. The molecule has 0 spiro atoms. The zero-order chi connectivity index (χ0) is 15.5. The van der Waals surface area contributed by atoms with E-state index in [9.17, 15) is 8.42 Å². The number of hydrogen-bond acceptors (Lipinski definition) is 3. The van der Waals surface area contributed by atoms with E-state index in [1.807, 2.05) is 7.05 Å². The second kappa shape index (κ2) is 6.90. The fraction of sp³-hybridized carbons (Fsp3) is 0.625. The largest absolute Gasteiger partial charge is 0.313 e. The lowest BCUT2D eigenvalue weighted by molar-refractivity contribution is 0.240. The molecule has 21 heavy (non-hydrogen) atoms. The van der Waals surface area contributed by atoms with Crippen LogP contribution in [0.1, 0.15) is 36.4 Å². The van der Waals surface area contributed by atoms with Gasteiger partial charge in [0.15, 0.2) is 0 Å². The van der Waals surface area contributed by atoms with Gasteiger partial charge in [0.25, 0.3) is 0 Å². The predicted octanol–water partition coefficient (Wildman–Crippen LogP) is 2.32. The number of rotatable bonds is 5. The molecule has 0 amide bonds. The van der Waals surface area contributed by atoms with Gasteiger partial charge in [-0.05, 0) is 50.3 Å². The first-order valence-electron chi connectivity index (χ1n) is 7.59. The molecular formula is C16H26N2O2S. The average Bonchev–Trinajstić information content (AvgIpc) is 2.45. The Morgan fingerprint density at radius 3 is 2.71 bits per heavy atom. The Labute approximate surface area is 128 Å². The Kier molecular flexibility index (Phi) is 5.41. The van der Waals surface area contributed by atoms with Crippen molar-refractivity contribution < 1.29 is 8.42 Å². The molecule has 0 radical (unpaired) electrons. The van der Waals surface area contributed by atoms with Crippen molar-refractivity contribution in [1.82, 2.24) is 9.62 Å². The van der Waals surface area contributed by atoms with Gasteiger partial charge in [0.1, 0.15) is 0 Å². The molecule has 1 aliphatic rings. The summed E-state index contributed by atoms with van der Waals surface area (Å²) in [5.74, 6) is 0.422. The molecule has 1 N–H and O–H groups in total. The van der Waals surface area contributed by atoms with Gasteiger partial charge in [-0.25, -0.2) is 12.7 Å². The second-order valence-corrected chi connectivity index (χ2v) is 8.05. The molecule has 2 unspecified atom stereocenters. The molecule has 2 rings (SSSR count). The molecule has 1 saturated heterocycles. The minimum Gasteiger partial charge on any atom is -0.313 e. The van der Waals surface area contributed by atoms with Crippen LogP contribution in [0.3, 0.4) is 0 Å². The predicted molar refractivity (Wildman–Crippen MR) is 86.7 cm³/mol. The molecule has 0 saturated carbocycles. The number of aryl methyl sites for hydroxylation is 1. The van der Waals surface area contributed by atoms with Crippen molar-refractivity contribution >= 4 is 10.0 Å². The number of nitrogens with zero attached hydrogens (tertiary/aromatic N) is 1. The molecule has 1 aromatic carbocycles. The molecule has 118 valence electrons. The fourth-order valence-electron chi connectivity index (χ4n) is 3.23. The van der Waals surface area contributed by atoms with Crippen molar-refractivity contribution in [3.63, 3.8) is 0 Å². The molecule has 4 nitrogen and oxygen atoms in total. The smallest absolute Gasteiger partial charge is 0.211 e. The van der Waals surface area contributed by atoms with Gasteiger partial charge in [0.2, 0.25) is 10.0 Å². The molecule has 2 atom stereocenters. The molecule has 1 fully saturated rings. The van der Waals surface area contributed by atoms with Gasteiger partial charge in [-0.15, -0.1) is 0 Å². The summed E-state index contributed by atoms with van der Waals surface area (Å²) in [6, 6.07) is 8.70. The Hall–Kier alpha value is -0.910. The first-order chi connectivity index (χ1) is 9.91. The van der Waals surface area contributed by atoms with Crippen molar-refractivity contribution in [2.75, 3.05) is 26.4 Å². The van der Waals surface area contributed by atoms with Crippen molar-refractivity contribution in [3.05, 3.63) is 35.4 Å². The van der Waals surface area contributed by atoms with Crippen LogP contribution in [0.5, 0.6) is 0 Å². The molecule has 0 bridgehead atoms. The highest BCUT2D eigenvalue weighted by atomic mass is 32.2. The summed E-state index contributed by atoms with van der Waals surface area (Å²) in [6.07, 6.45) is 4.36. The van der Waals surface area contributed by atoms with Crippen LogP contribution < -0.4 is 5.32 Å². The summed E-state index contributed by atoms with van der Waals surface area (Å²) in [5.41, 5.74) is 2.60. The molecule has 0 aliphatic carbocycles. The highest BCUT2D eigenvalue weighted by molar-refractivity contribution is 7.88. The minimum atomic E-state index is -3.06. The van der Waals surface area contributed by atoms with Crippen LogP contribution in [-0.4, -0.2) is 39.1 Å². The van der Waals surface area contributed by atoms with Gasteiger partial charge in [-0.1, -0.05) is 24.3 Å². The molecule has 5 heteroatoms. The Bertz CT molecular complexity index is 571. The van der Waals surface area contributed by atoms with Gasteiger partial charge >= 0.3 is 0 Å². The highest BCUT2D eigenvalue weighted by Gasteiger charge is 2.28. The molecule has 1 aromatic rings. The van der Waals surface area contributed by atoms with E-state index in [4.69, 9.17) is 0 Å². The third-order valence-electron chi connectivity index (χ3n) is 4.43. The Balaban J connectivity index is 2.07. The Morgan fingerprint density at radius 1 is 1.38 bits per heavy atom. The van der Waals surface area contributed by atoms with E-state index in [1.54, 1.807) is 4.31 Å². The van der Waals surface area contributed by atoms with E-state index in [2.05, 4.69) is 36.5 Å². The average molecular weight is 310 g/mol. The van der Waals surface area contributed by atoms with Crippen LogP contribution in [0.4, 0.5) is 0 Å². The summed E-state index contributed by atoms with van der Waals surface area (Å²) < 4.78 is 25.1. The van der Waals surface area contributed by atoms with Gasteiger partial charge in [0, 0.05) is 19.1 Å². The van der Waals surface area contributed by atoms with Crippen LogP contribution in [0.25, 0.3) is 0 Å². The van der Waals surface area contributed by atoms with Crippen molar-refractivity contribution in [3.8, 4) is 0 Å². The number of hydrogen-bond donors (Lipinski definition) is 1. The van der Waals surface area contributed by atoms with E-state index in [-0.39, 0.29) is 6.04 Å². The third-order valence-corrected chi connectivity index (χ3v) is 5.70. The molecule has 1 aliphatic heterocycles. The first-order valence-corrected chi connectivity index (χ1v) is 9.44. The maximum atomic E-state index is 11.7. The zero-order valence-corrected chi connectivity index (χ0v) is 14.0. The summed E-state index contributed by atoms with van der Waals surface area (Å²) in [6.45, 7) is 3.45. The standard InChI is InChI=1S/C16H26N2O2S/c1-13-7-4-5-9-15(13)16(17-2)11-14-8-6-10-18(12-14)21(3,19)20/h4-5,7,9,14,16-17H,6,8,10-12H2,1-3H3. The van der Waals surface area contributed by atoms with E-state index in [0.29, 0.717) is 19.0 Å². The topological polar surface area (TPSA) is 49.4 Å². The van der Waals surface area contributed by atoms with Crippen LogP contribution >= 0.6 is 0 Å². The maximum absolute atomic E-state index is 11.7. The lowest BCUT2D eigenvalue weighted by atomic mass is 9.88. The maximum Gasteiger partial charge on any atom is 0.211 e. The van der Waals surface area contributed by atoms with Gasteiger partial charge in [-0.3, -0.25) is 0 Å². The van der Waals surface area contributed by atoms with Gasteiger partial charge < -0.3 is 5.32 Å². The van der Waals surface area contributed by atoms with Gasteiger partial charge in [0.05, 0.1) is 6.26 Å². The van der Waals surface area contributed by atoms with Crippen molar-refractivity contribution in [2.45, 2.75) is 32.2 Å². The highest BCUT2D eigenvalue weighted by Crippen LogP contribution is 2.29. The summed E-state index contributed by atoms with van der Waals surface area (Å²) in [7, 11) is -1.08. The number of nitrogens with one attached hydrogen (secondary N) is 1. The number of benzene rings is 1. The normalized spacial score (nSPS) is 22.1. The SMILES string of the molecule is CNC(CC1CCCN(S(C)(=O)=O)C1)c1ccccc1C. The van der Waals surface area contributed by atoms with Crippen molar-refractivity contribution in [2.24, 2.45) is 5.92 Å². The lowest BCUT2D eigenvalue weighted by Gasteiger charge is -2.33. The van der Waals surface area contributed by atoms with E-state index < -0.39 is 10.0 Å². The second-order valence-electron chi connectivity index (χ2n) is 6.06. The van der Waals surface area contributed by atoms with Crippen LogP contribution in [-0.2, 0) is 10.0 Å². The first kappa shape index (κ1) is 16.5. The van der Waals surface area contributed by atoms with E-state index >= 15 is 0 Å². The van der Waals surface area contributed by atoms with Gasteiger partial charge in [-0.2, -0.15) is 0 Å². The van der Waals surface area contributed by atoms with Crippen LogP contribution in [0.15, 0.2) is 24.3 Å². The lowest BCUT2D eigenvalue weighted by Crippen LogP contribution is -2.40. The zero-order valence-electron chi connectivity index (χ0n) is 13.2. The Morgan fingerprint density at radius 2 is 2.10 bits per heavy atom. The number of piperidine rings is 1. The summed E-state index contributed by atoms with van der Waals surface area (Å²) in [5, 5.41) is 3.39. The van der Waals surface area contributed by atoms with Crippen LogP contribution in [0, 0.1) is 12.8 Å². The van der Waals surface area contributed by atoms with Crippen LogP contribution in [0.2, 0.25) is 0 Å².